The molecule has 1 aliphatic rings. The molecular weight excluding hydrogens is 240 g/mol. The first-order valence-corrected chi connectivity index (χ1v) is 7.16. The molecule has 0 atom stereocenters. The van der Waals surface area contributed by atoms with Crippen LogP contribution in [-0.2, 0) is 0 Å². The van der Waals surface area contributed by atoms with Crippen LogP contribution in [0.4, 0.5) is 0 Å². The van der Waals surface area contributed by atoms with Gasteiger partial charge in [0.1, 0.15) is 5.76 Å². The predicted octanol–water partition coefficient (Wildman–Crippen LogP) is 2.44. The molecule has 2 rings (SSSR count). The number of aryl methyl sites for hydroxylation is 1. The molecule has 1 fully saturated rings. The maximum Gasteiger partial charge on any atom is 0.289 e. The molecule has 1 aromatic heterocycles. The molecule has 1 aliphatic heterocycles. The maximum absolute atomic E-state index is 12.5. The molecule has 0 aliphatic carbocycles. The molecule has 0 radical (unpaired) electrons. The van der Waals surface area contributed by atoms with Gasteiger partial charge in [-0.25, -0.2) is 0 Å². The third-order valence-corrected chi connectivity index (χ3v) is 3.75. The average molecular weight is 264 g/mol. The van der Waals surface area contributed by atoms with Crippen molar-refractivity contribution >= 4 is 5.91 Å². The van der Waals surface area contributed by atoms with E-state index >= 15 is 0 Å². The van der Waals surface area contributed by atoms with Crippen molar-refractivity contribution in [2.24, 2.45) is 5.92 Å². The zero-order valence-electron chi connectivity index (χ0n) is 12.1. The molecule has 1 aromatic rings. The van der Waals surface area contributed by atoms with Crippen molar-refractivity contribution < 1.29 is 9.21 Å². The van der Waals surface area contributed by atoms with Gasteiger partial charge in [0.2, 0.25) is 0 Å². The molecule has 2 heterocycles. The average Bonchev–Trinajstić information content (AvgIpc) is 2.83. The number of nitrogens with zero attached hydrogens (tertiary/aromatic N) is 1. The Bertz CT molecular complexity index is 420. The van der Waals surface area contributed by atoms with Crippen LogP contribution in [0.15, 0.2) is 16.5 Å². The second-order valence-electron chi connectivity index (χ2n) is 5.65. The lowest BCUT2D eigenvalue weighted by atomic mass is 9.97. The fourth-order valence-corrected chi connectivity index (χ4v) is 2.56. The Kier molecular flexibility index (Phi) is 4.64. The largest absolute Gasteiger partial charge is 0.456 e. The summed E-state index contributed by atoms with van der Waals surface area (Å²) >= 11 is 0. The maximum atomic E-state index is 12.5. The second kappa shape index (κ2) is 6.24. The molecule has 0 spiro atoms. The monoisotopic (exact) mass is 264 g/mol. The first kappa shape index (κ1) is 14.1. The summed E-state index contributed by atoms with van der Waals surface area (Å²) in [7, 11) is 0. The molecule has 0 aromatic carbocycles. The minimum Gasteiger partial charge on any atom is -0.456 e. The molecule has 19 heavy (non-hydrogen) atoms. The van der Waals surface area contributed by atoms with Crippen molar-refractivity contribution in [1.82, 2.24) is 10.2 Å². The van der Waals surface area contributed by atoms with Gasteiger partial charge in [0, 0.05) is 12.6 Å². The van der Waals surface area contributed by atoms with Crippen molar-refractivity contribution in [3.63, 3.8) is 0 Å². The molecule has 1 N–H and O–H groups in total. The Morgan fingerprint density at radius 3 is 2.63 bits per heavy atom. The smallest absolute Gasteiger partial charge is 0.289 e. The lowest BCUT2D eigenvalue weighted by Gasteiger charge is -2.32. The van der Waals surface area contributed by atoms with E-state index in [4.69, 9.17) is 4.42 Å². The van der Waals surface area contributed by atoms with Crippen LogP contribution in [0.3, 0.4) is 0 Å². The fourth-order valence-electron chi connectivity index (χ4n) is 2.56. The third-order valence-electron chi connectivity index (χ3n) is 3.75. The number of hydrogen-bond donors (Lipinski definition) is 1. The van der Waals surface area contributed by atoms with Crippen LogP contribution < -0.4 is 5.32 Å². The molecule has 1 saturated heterocycles. The van der Waals surface area contributed by atoms with E-state index in [0.717, 1.165) is 38.2 Å². The van der Waals surface area contributed by atoms with Crippen LogP contribution >= 0.6 is 0 Å². The van der Waals surface area contributed by atoms with Crippen molar-refractivity contribution in [3.05, 3.63) is 23.7 Å². The number of rotatable bonds is 4. The highest BCUT2D eigenvalue weighted by Crippen LogP contribution is 2.18. The van der Waals surface area contributed by atoms with E-state index in [1.54, 1.807) is 6.07 Å². The Hall–Kier alpha value is -1.29. The summed E-state index contributed by atoms with van der Waals surface area (Å²) in [5, 5.41) is 3.36. The topological polar surface area (TPSA) is 45.5 Å². The summed E-state index contributed by atoms with van der Waals surface area (Å²) < 4.78 is 5.46. The Morgan fingerprint density at radius 2 is 2.11 bits per heavy atom. The Morgan fingerprint density at radius 1 is 1.42 bits per heavy atom. The van der Waals surface area contributed by atoms with Gasteiger partial charge in [0.05, 0.1) is 0 Å². The minimum absolute atomic E-state index is 0.0154. The summed E-state index contributed by atoms with van der Waals surface area (Å²) in [6, 6.07) is 3.82. The Balaban J connectivity index is 2.04. The summed E-state index contributed by atoms with van der Waals surface area (Å²) in [5.74, 6) is 1.86. The van der Waals surface area contributed by atoms with E-state index in [9.17, 15) is 4.79 Å². The van der Waals surface area contributed by atoms with Gasteiger partial charge < -0.3 is 14.6 Å². The predicted molar refractivity (Wildman–Crippen MR) is 75.2 cm³/mol. The van der Waals surface area contributed by atoms with E-state index in [1.807, 2.05) is 17.9 Å². The van der Waals surface area contributed by atoms with Gasteiger partial charge in [-0.1, -0.05) is 0 Å². The summed E-state index contributed by atoms with van der Waals surface area (Å²) in [4.78, 5) is 14.4. The van der Waals surface area contributed by atoms with E-state index in [-0.39, 0.29) is 11.9 Å². The molecule has 4 heteroatoms. The van der Waals surface area contributed by atoms with Crippen molar-refractivity contribution in [2.75, 3.05) is 19.6 Å². The number of hydrogen-bond acceptors (Lipinski definition) is 3. The van der Waals surface area contributed by atoms with E-state index < -0.39 is 0 Å². The Labute approximate surface area is 115 Å². The molecule has 0 saturated carbocycles. The third kappa shape index (κ3) is 3.60. The minimum atomic E-state index is 0.0154. The van der Waals surface area contributed by atoms with Crippen LogP contribution in [-0.4, -0.2) is 36.5 Å². The quantitative estimate of drug-likeness (QED) is 0.908. The van der Waals surface area contributed by atoms with Crippen LogP contribution in [0, 0.1) is 12.8 Å². The summed E-state index contributed by atoms with van der Waals surface area (Å²) in [5.41, 5.74) is 0. The van der Waals surface area contributed by atoms with Crippen LogP contribution in [0.25, 0.3) is 0 Å². The number of carbonyl (C=O) groups is 1. The summed E-state index contributed by atoms with van der Waals surface area (Å²) in [6.45, 7) is 8.94. The lowest BCUT2D eigenvalue weighted by molar-refractivity contribution is 0.0624. The van der Waals surface area contributed by atoms with Crippen molar-refractivity contribution in [1.29, 1.82) is 0 Å². The van der Waals surface area contributed by atoms with Gasteiger partial charge in [-0.15, -0.1) is 0 Å². The highest BCUT2D eigenvalue weighted by molar-refractivity contribution is 5.91. The fraction of sp³-hybridized carbons (Fsp3) is 0.667. The van der Waals surface area contributed by atoms with Gasteiger partial charge >= 0.3 is 0 Å². The lowest BCUT2D eigenvalue weighted by Crippen LogP contribution is -2.42. The van der Waals surface area contributed by atoms with E-state index in [2.05, 4.69) is 19.2 Å². The van der Waals surface area contributed by atoms with Crippen molar-refractivity contribution in [3.8, 4) is 0 Å². The number of amides is 1. The molecule has 1 amide bonds. The first-order valence-electron chi connectivity index (χ1n) is 7.16. The second-order valence-corrected chi connectivity index (χ2v) is 5.65. The number of piperidine rings is 1. The van der Waals surface area contributed by atoms with Crippen LogP contribution in [0.1, 0.15) is 43.0 Å². The van der Waals surface area contributed by atoms with Gasteiger partial charge in [-0.05, 0) is 64.8 Å². The first-order chi connectivity index (χ1) is 9.08. The van der Waals surface area contributed by atoms with E-state index in [0.29, 0.717) is 11.7 Å². The van der Waals surface area contributed by atoms with Gasteiger partial charge in [0.25, 0.3) is 5.91 Å². The molecule has 0 unspecified atom stereocenters. The highest BCUT2D eigenvalue weighted by atomic mass is 16.3. The SMILES string of the molecule is Cc1ccc(C(=O)N(CC2CCNCC2)C(C)C)o1. The van der Waals surface area contributed by atoms with E-state index in [1.165, 1.54) is 0 Å². The van der Waals surface area contributed by atoms with Crippen LogP contribution in [0.5, 0.6) is 0 Å². The molecule has 4 nitrogen and oxygen atoms in total. The molecule has 106 valence electrons. The highest BCUT2D eigenvalue weighted by Gasteiger charge is 2.25. The standard InChI is InChI=1S/C15H24N2O2/c1-11(2)17(10-13-6-8-16-9-7-13)15(18)14-5-4-12(3)19-14/h4-5,11,13,16H,6-10H2,1-3H3. The zero-order chi connectivity index (χ0) is 13.8. The normalized spacial score (nSPS) is 16.8. The van der Waals surface area contributed by atoms with Gasteiger partial charge in [0.15, 0.2) is 5.76 Å². The summed E-state index contributed by atoms with van der Waals surface area (Å²) in [6.07, 6.45) is 2.29. The zero-order valence-corrected chi connectivity index (χ0v) is 12.1. The van der Waals surface area contributed by atoms with Crippen molar-refractivity contribution in [2.45, 2.75) is 39.7 Å². The molecular formula is C15H24N2O2. The van der Waals surface area contributed by atoms with Gasteiger partial charge in [-0.2, -0.15) is 0 Å². The van der Waals surface area contributed by atoms with Crippen LogP contribution in [0.2, 0.25) is 0 Å². The number of carbonyl (C=O) groups excluding carboxylic acids is 1. The van der Waals surface area contributed by atoms with Gasteiger partial charge in [-0.3, -0.25) is 4.79 Å². The number of furan rings is 1. The molecule has 0 bridgehead atoms. The number of nitrogens with one attached hydrogen (secondary N) is 1.